The zero-order chi connectivity index (χ0) is 14.7. The summed E-state index contributed by atoms with van der Waals surface area (Å²) in [4.78, 5) is 22.2. The van der Waals surface area contributed by atoms with E-state index in [1.807, 2.05) is 6.92 Å². The summed E-state index contributed by atoms with van der Waals surface area (Å²) >= 11 is 5.90. The first kappa shape index (κ1) is 14.7. The Kier molecular flexibility index (Phi) is 4.57. The number of rotatable bonds is 4. The summed E-state index contributed by atoms with van der Waals surface area (Å²) in [6.07, 6.45) is 1.00. The highest BCUT2D eigenvalue weighted by Crippen LogP contribution is 2.27. The molecule has 0 bridgehead atoms. The van der Waals surface area contributed by atoms with Crippen LogP contribution in [0.2, 0.25) is 5.02 Å². The molecule has 0 spiro atoms. The minimum atomic E-state index is -0.605. The lowest BCUT2D eigenvalue weighted by molar-refractivity contribution is -0.384. The lowest BCUT2D eigenvalue weighted by Crippen LogP contribution is -2.32. The Labute approximate surface area is 121 Å². The molecule has 7 heteroatoms. The number of ether oxygens (including phenoxy) is 1. The Bertz CT molecular complexity index is 535. The maximum Gasteiger partial charge on any atom is 0.288 e. The summed E-state index contributed by atoms with van der Waals surface area (Å²) in [5.41, 5.74) is -0.149. The van der Waals surface area contributed by atoms with Crippen LogP contribution in [0, 0.1) is 16.0 Å². The molecule has 1 aromatic carbocycles. The van der Waals surface area contributed by atoms with E-state index in [9.17, 15) is 14.9 Å². The number of hydrogen-bond acceptors (Lipinski definition) is 4. The van der Waals surface area contributed by atoms with Gasteiger partial charge in [0.25, 0.3) is 11.6 Å². The van der Waals surface area contributed by atoms with E-state index in [-0.39, 0.29) is 28.3 Å². The summed E-state index contributed by atoms with van der Waals surface area (Å²) in [7, 11) is 0. The SMILES string of the molecule is CC1OCCC1CNC(=O)c1cccc([N+](=O)[O-])c1Cl. The van der Waals surface area contributed by atoms with Gasteiger partial charge in [-0.3, -0.25) is 14.9 Å². The van der Waals surface area contributed by atoms with Gasteiger partial charge in [0.05, 0.1) is 16.6 Å². The molecule has 0 aliphatic carbocycles. The van der Waals surface area contributed by atoms with E-state index >= 15 is 0 Å². The predicted molar refractivity (Wildman–Crippen MR) is 74.0 cm³/mol. The third-order valence-corrected chi connectivity index (χ3v) is 3.87. The van der Waals surface area contributed by atoms with Crippen molar-refractivity contribution in [3.05, 3.63) is 38.9 Å². The van der Waals surface area contributed by atoms with Gasteiger partial charge in [-0.05, 0) is 19.4 Å². The molecule has 0 saturated carbocycles. The predicted octanol–water partition coefficient (Wildman–Crippen LogP) is 2.40. The highest BCUT2D eigenvalue weighted by atomic mass is 35.5. The average Bonchev–Trinajstić information content (AvgIpc) is 2.81. The van der Waals surface area contributed by atoms with Crippen LogP contribution in [-0.2, 0) is 4.74 Å². The molecule has 108 valence electrons. The normalized spacial score (nSPS) is 21.7. The van der Waals surface area contributed by atoms with Crippen molar-refractivity contribution in [2.75, 3.05) is 13.2 Å². The van der Waals surface area contributed by atoms with Gasteiger partial charge in [0.15, 0.2) is 0 Å². The van der Waals surface area contributed by atoms with Crippen LogP contribution in [0.5, 0.6) is 0 Å². The van der Waals surface area contributed by atoms with Crippen LogP contribution in [0.15, 0.2) is 18.2 Å². The molecule has 1 aromatic rings. The second-order valence-electron chi connectivity index (χ2n) is 4.73. The first-order valence-electron chi connectivity index (χ1n) is 6.33. The quantitative estimate of drug-likeness (QED) is 0.683. The third kappa shape index (κ3) is 3.08. The molecule has 0 aromatic heterocycles. The van der Waals surface area contributed by atoms with Gasteiger partial charge in [-0.1, -0.05) is 17.7 Å². The van der Waals surface area contributed by atoms with Crippen molar-refractivity contribution >= 4 is 23.2 Å². The Morgan fingerprint density at radius 1 is 1.60 bits per heavy atom. The van der Waals surface area contributed by atoms with E-state index in [0.717, 1.165) is 6.42 Å². The van der Waals surface area contributed by atoms with Gasteiger partial charge >= 0.3 is 0 Å². The molecule has 1 N–H and O–H groups in total. The number of benzene rings is 1. The molecule has 1 fully saturated rings. The van der Waals surface area contributed by atoms with Crippen LogP contribution >= 0.6 is 11.6 Å². The zero-order valence-corrected chi connectivity index (χ0v) is 11.7. The van der Waals surface area contributed by atoms with Gasteiger partial charge in [-0.25, -0.2) is 0 Å². The number of hydrogen-bond donors (Lipinski definition) is 1. The van der Waals surface area contributed by atoms with Crippen LogP contribution in [0.4, 0.5) is 5.69 Å². The molecular weight excluding hydrogens is 284 g/mol. The van der Waals surface area contributed by atoms with Crippen LogP contribution in [0.3, 0.4) is 0 Å². The fourth-order valence-electron chi connectivity index (χ4n) is 2.20. The smallest absolute Gasteiger partial charge is 0.288 e. The van der Waals surface area contributed by atoms with Crippen LogP contribution in [-0.4, -0.2) is 30.1 Å². The maximum absolute atomic E-state index is 12.0. The molecule has 1 heterocycles. The van der Waals surface area contributed by atoms with Crippen molar-refractivity contribution in [1.82, 2.24) is 5.32 Å². The first-order valence-corrected chi connectivity index (χ1v) is 6.71. The standard InChI is InChI=1S/C13H15ClN2O4/c1-8-9(5-6-20-8)7-15-13(17)10-3-2-4-11(12(10)14)16(18)19/h2-4,8-9H,5-7H2,1H3,(H,15,17). The van der Waals surface area contributed by atoms with Crippen molar-refractivity contribution in [2.45, 2.75) is 19.4 Å². The summed E-state index contributed by atoms with van der Waals surface area (Å²) < 4.78 is 5.41. The molecule has 1 aliphatic rings. The molecule has 0 radical (unpaired) electrons. The fraction of sp³-hybridized carbons (Fsp3) is 0.462. The first-order chi connectivity index (χ1) is 9.50. The molecule has 1 saturated heterocycles. The number of nitro benzene ring substituents is 1. The average molecular weight is 299 g/mol. The van der Waals surface area contributed by atoms with E-state index in [2.05, 4.69) is 5.32 Å². The van der Waals surface area contributed by atoms with Crippen molar-refractivity contribution < 1.29 is 14.5 Å². The van der Waals surface area contributed by atoms with Gasteiger partial charge in [0.1, 0.15) is 5.02 Å². The van der Waals surface area contributed by atoms with E-state index in [1.54, 1.807) is 0 Å². The highest BCUT2D eigenvalue weighted by Gasteiger charge is 2.25. The number of nitrogens with one attached hydrogen (secondary N) is 1. The van der Waals surface area contributed by atoms with Crippen molar-refractivity contribution in [2.24, 2.45) is 5.92 Å². The van der Waals surface area contributed by atoms with E-state index in [4.69, 9.17) is 16.3 Å². The van der Waals surface area contributed by atoms with Crippen LogP contribution in [0.25, 0.3) is 0 Å². The van der Waals surface area contributed by atoms with Crippen molar-refractivity contribution in [3.8, 4) is 0 Å². The Morgan fingerprint density at radius 2 is 2.35 bits per heavy atom. The lowest BCUT2D eigenvalue weighted by atomic mass is 10.0. The number of carbonyl (C=O) groups excluding carboxylic acids is 1. The second-order valence-corrected chi connectivity index (χ2v) is 5.11. The minimum absolute atomic E-state index is 0.107. The summed E-state index contributed by atoms with van der Waals surface area (Å²) in [6.45, 7) is 3.13. The number of halogens is 1. The maximum atomic E-state index is 12.0. The van der Waals surface area contributed by atoms with Gasteiger partial charge in [-0.15, -0.1) is 0 Å². The largest absolute Gasteiger partial charge is 0.378 e. The second kappa shape index (κ2) is 6.19. The minimum Gasteiger partial charge on any atom is -0.378 e. The molecule has 2 unspecified atom stereocenters. The molecule has 2 atom stereocenters. The number of nitro groups is 1. The Hall–Kier alpha value is -1.66. The Balaban J connectivity index is 2.06. The van der Waals surface area contributed by atoms with E-state index < -0.39 is 10.8 Å². The van der Waals surface area contributed by atoms with Crippen molar-refractivity contribution in [3.63, 3.8) is 0 Å². The highest BCUT2D eigenvalue weighted by molar-refractivity contribution is 6.35. The molecule has 1 amide bonds. The van der Waals surface area contributed by atoms with Gasteiger partial charge in [0.2, 0.25) is 0 Å². The number of nitrogens with zero attached hydrogens (tertiary/aromatic N) is 1. The molecule has 2 rings (SSSR count). The Morgan fingerprint density at radius 3 is 2.95 bits per heavy atom. The topological polar surface area (TPSA) is 81.5 Å². The third-order valence-electron chi connectivity index (χ3n) is 3.48. The fourth-order valence-corrected chi connectivity index (χ4v) is 2.48. The summed E-state index contributed by atoms with van der Waals surface area (Å²) in [5.74, 6) is -0.144. The van der Waals surface area contributed by atoms with Crippen LogP contribution < -0.4 is 5.32 Å². The molecule has 6 nitrogen and oxygen atoms in total. The number of amides is 1. The van der Waals surface area contributed by atoms with Crippen molar-refractivity contribution in [1.29, 1.82) is 0 Å². The van der Waals surface area contributed by atoms with Gasteiger partial charge in [-0.2, -0.15) is 0 Å². The summed E-state index contributed by atoms with van der Waals surface area (Å²) in [5, 5.41) is 13.4. The monoisotopic (exact) mass is 298 g/mol. The zero-order valence-electron chi connectivity index (χ0n) is 11.0. The molecule has 20 heavy (non-hydrogen) atoms. The molecule has 1 aliphatic heterocycles. The van der Waals surface area contributed by atoms with Gasteiger partial charge in [0, 0.05) is 25.1 Å². The lowest BCUT2D eigenvalue weighted by Gasteiger charge is -2.15. The molecular formula is C13H15ClN2O4. The van der Waals surface area contributed by atoms with Crippen LogP contribution in [0.1, 0.15) is 23.7 Å². The summed E-state index contributed by atoms with van der Waals surface area (Å²) in [6, 6.07) is 4.19. The van der Waals surface area contributed by atoms with E-state index in [0.29, 0.717) is 13.2 Å². The van der Waals surface area contributed by atoms with Gasteiger partial charge < -0.3 is 10.1 Å². The number of carbonyl (C=O) groups is 1. The van der Waals surface area contributed by atoms with E-state index in [1.165, 1.54) is 18.2 Å².